The van der Waals surface area contributed by atoms with E-state index >= 15 is 0 Å². The summed E-state index contributed by atoms with van der Waals surface area (Å²) >= 11 is 0. The van der Waals surface area contributed by atoms with Gasteiger partial charge in [0.15, 0.2) is 0 Å². The van der Waals surface area contributed by atoms with Crippen LogP contribution in [0, 0.1) is 0 Å². The third-order valence-electron chi connectivity index (χ3n) is 3.59. The molecule has 0 radical (unpaired) electrons. The average Bonchev–Trinajstić information content (AvgIpc) is 2.97. The van der Waals surface area contributed by atoms with Gasteiger partial charge in [0.2, 0.25) is 5.95 Å². The lowest BCUT2D eigenvalue weighted by molar-refractivity contribution is 0.681. The molecule has 4 heteroatoms. The topological polar surface area (TPSA) is 42.7 Å². The molecule has 0 spiro atoms. The van der Waals surface area contributed by atoms with Gasteiger partial charge in [0.1, 0.15) is 0 Å². The summed E-state index contributed by atoms with van der Waals surface area (Å²) in [6, 6.07) is 14.2. The number of benzene rings is 1. The van der Waals surface area contributed by atoms with Gasteiger partial charge in [-0.25, -0.2) is 9.97 Å². The van der Waals surface area contributed by atoms with Crippen LogP contribution in [0.1, 0.15) is 5.56 Å². The minimum Gasteiger partial charge on any atom is -0.346 e. The molecule has 0 fully saturated rings. The number of hydrogen-bond acceptors (Lipinski definition) is 3. The van der Waals surface area contributed by atoms with Gasteiger partial charge in [-0.2, -0.15) is 0 Å². The van der Waals surface area contributed by atoms with Crippen LogP contribution < -0.4 is 5.32 Å². The number of anilines is 2. The molecule has 0 saturated carbocycles. The smallest absolute Gasteiger partial charge is 0.227 e. The molecule has 1 aliphatic heterocycles. The molecule has 0 bridgehead atoms. The average molecular weight is 262 g/mol. The summed E-state index contributed by atoms with van der Waals surface area (Å²) in [5, 5.41) is 3.25. The number of para-hydroxylation sites is 1. The second kappa shape index (κ2) is 4.49. The third kappa shape index (κ3) is 1.86. The Morgan fingerprint density at radius 1 is 1.05 bits per heavy atom. The van der Waals surface area contributed by atoms with Gasteiger partial charge < -0.3 is 9.88 Å². The fourth-order valence-corrected chi connectivity index (χ4v) is 2.59. The maximum atomic E-state index is 4.68. The van der Waals surface area contributed by atoms with E-state index in [9.17, 15) is 0 Å². The SMILES string of the molecule is c1ccc(Nc2ncc3c(n2)-c2cccn2CC3)cc1. The highest BCUT2D eigenvalue weighted by Crippen LogP contribution is 2.28. The van der Waals surface area contributed by atoms with E-state index in [1.54, 1.807) is 0 Å². The van der Waals surface area contributed by atoms with Crippen molar-refractivity contribution in [3.8, 4) is 11.4 Å². The fraction of sp³-hybridized carbons (Fsp3) is 0.125. The summed E-state index contributed by atoms with van der Waals surface area (Å²) in [5.41, 5.74) is 4.42. The molecule has 0 aliphatic carbocycles. The molecule has 1 aromatic carbocycles. The highest BCUT2D eigenvalue weighted by molar-refractivity contribution is 5.64. The number of fused-ring (bicyclic) bond motifs is 3. The second-order valence-electron chi connectivity index (χ2n) is 4.90. The number of hydrogen-bond donors (Lipinski definition) is 1. The van der Waals surface area contributed by atoms with Crippen molar-refractivity contribution in [1.82, 2.24) is 14.5 Å². The van der Waals surface area contributed by atoms with Crippen molar-refractivity contribution in [3.63, 3.8) is 0 Å². The molecule has 20 heavy (non-hydrogen) atoms. The van der Waals surface area contributed by atoms with Crippen molar-refractivity contribution in [2.24, 2.45) is 0 Å². The highest BCUT2D eigenvalue weighted by Gasteiger charge is 2.17. The van der Waals surface area contributed by atoms with Gasteiger partial charge >= 0.3 is 0 Å². The molecule has 2 aromatic heterocycles. The summed E-state index contributed by atoms with van der Waals surface area (Å²) in [7, 11) is 0. The monoisotopic (exact) mass is 262 g/mol. The van der Waals surface area contributed by atoms with E-state index < -0.39 is 0 Å². The van der Waals surface area contributed by atoms with Crippen molar-refractivity contribution in [2.45, 2.75) is 13.0 Å². The lowest BCUT2D eigenvalue weighted by Gasteiger charge is -2.18. The quantitative estimate of drug-likeness (QED) is 0.771. The first kappa shape index (κ1) is 11.2. The van der Waals surface area contributed by atoms with Crippen molar-refractivity contribution in [1.29, 1.82) is 0 Å². The molecule has 4 rings (SSSR count). The summed E-state index contributed by atoms with van der Waals surface area (Å²) in [6.45, 7) is 1.00. The molecule has 1 aliphatic rings. The van der Waals surface area contributed by atoms with Crippen molar-refractivity contribution >= 4 is 11.6 Å². The minimum atomic E-state index is 0.643. The van der Waals surface area contributed by atoms with Crippen LogP contribution in [-0.2, 0) is 13.0 Å². The van der Waals surface area contributed by atoms with Gasteiger partial charge in [-0.1, -0.05) is 18.2 Å². The van der Waals surface area contributed by atoms with E-state index in [2.05, 4.69) is 38.2 Å². The first-order valence-electron chi connectivity index (χ1n) is 6.74. The molecule has 3 heterocycles. The normalized spacial score (nSPS) is 12.6. The molecule has 0 saturated heterocycles. The Morgan fingerprint density at radius 3 is 2.85 bits per heavy atom. The van der Waals surface area contributed by atoms with E-state index in [0.717, 1.165) is 24.3 Å². The van der Waals surface area contributed by atoms with E-state index in [0.29, 0.717) is 5.95 Å². The van der Waals surface area contributed by atoms with Gasteiger partial charge in [0.05, 0.1) is 11.4 Å². The maximum Gasteiger partial charge on any atom is 0.227 e. The van der Waals surface area contributed by atoms with Crippen LogP contribution in [0.15, 0.2) is 54.9 Å². The van der Waals surface area contributed by atoms with Crippen LogP contribution in [0.2, 0.25) is 0 Å². The molecule has 1 N–H and O–H groups in total. The Kier molecular flexibility index (Phi) is 2.52. The predicted molar refractivity (Wildman–Crippen MR) is 78.9 cm³/mol. The van der Waals surface area contributed by atoms with Crippen molar-refractivity contribution in [3.05, 3.63) is 60.4 Å². The lowest BCUT2D eigenvalue weighted by atomic mass is 10.1. The Bertz CT molecular complexity index is 746. The molecular weight excluding hydrogens is 248 g/mol. The first-order valence-corrected chi connectivity index (χ1v) is 6.74. The Labute approximate surface area is 117 Å². The van der Waals surface area contributed by atoms with E-state index in [4.69, 9.17) is 0 Å². The van der Waals surface area contributed by atoms with E-state index in [1.807, 2.05) is 36.5 Å². The van der Waals surface area contributed by atoms with Crippen LogP contribution in [0.5, 0.6) is 0 Å². The summed E-state index contributed by atoms with van der Waals surface area (Å²) in [6.07, 6.45) is 5.03. The standard InChI is InChI=1S/C16H14N4/c1-2-5-13(6-3-1)18-16-17-11-12-8-10-20-9-4-7-14(20)15(12)19-16/h1-7,9,11H,8,10H2,(H,17,18,19). The molecule has 0 atom stereocenters. The largest absolute Gasteiger partial charge is 0.346 e. The fourth-order valence-electron chi connectivity index (χ4n) is 2.59. The molecule has 3 aromatic rings. The van der Waals surface area contributed by atoms with Crippen LogP contribution >= 0.6 is 0 Å². The Balaban J connectivity index is 1.73. The van der Waals surface area contributed by atoms with Crippen LogP contribution in [0.4, 0.5) is 11.6 Å². The summed E-state index contributed by atoms with van der Waals surface area (Å²) in [4.78, 5) is 9.09. The Morgan fingerprint density at radius 2 is 1.95 bits per heavy atom. The summed E-state index contributed by atoms with van der Waals surface area (Å²) < 4.78 is 2.24. The number of nitrogens with zero attached hydrogens (tertiary/aromatic N) is 3. The number of aromatic nitrogens is 3. The third-order valence-corrected chi connectivity index (χ3v) is 3.59. The number of nitrogens with one attached hydrogen (secondary N) is 1. The van der Waals surface area contributed by atoms with Crippen LogP contribution in [0.25, 0.3) is 11.4 Å². The van der Waals surface area contributed by atoms with Crippen LogP contribution in [-0.4, -0.2) is 14.5 Å². The predicted octanol–water partition coefficient (Wildman–Crippen LogP) is 3.24. The zero-order valence-corrected chi connectivity index (χ0v) is 11.0. The van der Waals surface area contributed by atoms with Crippen molar-refractivity contribution < 1.29 is 0 Å². The van der Waals surface area contributed by atoms with E-state index in [-0.39, 0.29) is 0 Å². The molecule has 98 valence electrons. The molecular formula is C16H14N4. The lowest BCUT2D eigenvalue weighted by Crippen LogP contribution is -2.12. The molecule has 0 amide bonds. The minimum absolute atomic E-state index is 0.643. The number of rotatable bonds is 2. The van der Waals surface area contributed by atoms with Gasteiger partial charge in [0.25, 0.3) is 0 Å². The second-order valence-corrected chi connectivity index (χ2v) is 4.90. The summed E-state index contributed by atoms with van der Waals surface area (Å²) in [5.74, 6) is 0.643. The first-order chi connectivity index (χ1) is 9.90. The molecule has 0 unspecified atom stereocenters. The van der Waals surface area contributed by atoms with Gasteiger partial charge in [-0.05, 0) is 30.7 Å². The van der Waals surface area contributed by atoms with E-state index in [1.165, 1.54) is 11.3 Å². The Hall–Kier alpha value is -2.62. The van der Waals surface area contributed by atoms with Gasteiger partial charge in [-0.15, -0.1) is 0 Å². The zero-order valence-electron chi connectivity index (χ0n) is 11.0. The highest BCUT2D eigenvalue weighted by atomic mass is 15.1. The molecule has 4 nitrogen and oxygen atoms in total. The maximum absolute atomic E-state index is 4.68. The number of aryl methyl sites for hydroxylation is 2. The van der Waals surface area contributed by atoms with Crippen molar-refractivity contribution in [2.75, 3.05) is 5.32 Å². The van der Waals surface area contributed by atoms with Gasteiger partial charge in [-0.3, -0.25) is 0 Å². The van der Waals surface area contributed by atoms with Gasteiger partial charge in [0, 0.05) is 30.2 Å². The zero-order chi connectivity index (χ0) is 13.4. The van der Waals surface area contributed by atoms with Crippen LogP contribution in [0.3, 0.4) is 0 Å².